The number of sulfonamides is 1. The summed E-state index contributed by atoms with van der Waals surface area (Å²) in [5.41, 5.74) is 2.90. The number of para-hydroxylation sites is 1. The minimum Gasteiger partial charge on any atom is -0.348 e. The summed E-state index contributed by atoms with van der Waals surface area (Å²) in [5, 5.41) is 5.53. The van der Waals surface area contributed by atoms with E-state index < -0.39 is 22.5 Å². The van der Waals surface area contributed by atoms with Crippen molar-refractivity contribution in [1.29, 1.82) is 0 Å². The van der Waals surface area contributed by atoms with Gasteiger partial charge in [0.1, 0.15) is 6.54 Å². The highest BCUT2D eigenvalue weighted by molar-refractivity contribution is 7.92. The lowest BCUT2D eigenvalue weighted by Gasteiger charge is -2.24. The predicted octanol–water partition coefficient (Wildman–Crippen LogP) is 4.32. The largest absolute Gasteiger partial charge is 0.348 e. The van der Waals surface area contributed by atoms with Crippen molar-refractivity contribution in [3.05, 3.63) is 95.6 Å². The molecule has 3 aromatic rings. The first kappa shape index (κ1) is 26.0. The standard InChI is InChI=1S/C27H31N3O4S/c1-27(2,3)21-14-16-22(17-15-21)30(35(4,33)34)19-25(31)29-24-13-9-8-12-23(24)26(32)28-18-20-10-6-5-7-11-20/h5-17H,18-19H2,1-4H3,(H,28,32)(H,29,31). The number of carbonyl (C=O) groups excluding carboxylic acids is 2. The topological polar surface area (TPSA) is 95.6 Å². The average Bonchev–Trinajstić information content (AvgIpc) is 2.81. The Morgan fingerprint density at radius 2 is 1.46 bits per heavy atom. The molecular weight excluding hydrogens is 462 g/mol. The van der Waals surface area contributed by atoms with Crippen LogP contribution in [-0.2, 0) is 26.8 Å². The minimum atomic E-state index is -3.73. The number of amides is 2. The molecule has 0 aliphatic heterocycles. The van der Waals surface area contributed by atoms with Crippen molar-refractivity contribution >= 4 is 33.2 Å². The smallest absolute Gasteiger partial charge is 0.253 e. The molecule has 3 rings (SSSR count). The molecule has 0 heterocycles. The van der Waals surface area contributed by atoms with Gasteiger partial charge in [-0.25, -0.2) is 8.42 Å². The molecule has 2 amide bonds. The van der Waals surface area contributed by atoms with E-state index in [1.807, 2.05) is 42.5 Å². The Balaban J connectivity index is 1.74. The number of nitrogens with one attached hydrogen (secondary N) is 2. The van der Waals surface area contributed by atoms with Gasteiger partial charge < -0.3 is 10.6 Å². The Kier molecular flexibility index (Phi) is 7.96. The Morgan fingerprint density at radius 1 is 0.857 bits per heavy atom. The molecule has 3 aromatic carbocycles. The Labute approximate surface area is 207 Å². The molecule has 0 atom stereocenters. The van der Waals surface area contributed by atoms with Crippen LogP contribution in [0.3, 0.4) is 0 Å². The van der Waals surface area contributed by atoms with Gasteiger partial charge in [-0.1, -0.05) is 75.4 Å². The van der Waals surface area contributed by atoms with Crippen LogP contribution >= 0.6 is 0 Å². The van der Waals surface area contributed by atoms with Crippen molar-refractivity contribution < 1.29 is 18.0 Å². The predicted molar refractivity (Wildman–Crippen MR) is 140 cm³/mol. The van der Waals surface area contributed by atoms with E-state index in [9.17, 15) is 18.0 Å². The van der Waals surface area contributed by atoms with Gasteiger partial charge in [-0.15, -0.1) is 0 Å². The van der Waals surface area contributed by atoms with Crippen molar-refractivity contribution in [3.8, 4) is 0 Å². The molecule has 184 valence electrons. The van der Waals surface area contributed by atoms with E-state index in [-0.39, 0.29) is 16.9 Å². The van der Waals surface area contributed by atoms with Crippen molar-refractivity contribution in [1.82, 2.24) is 5.32 Å². The van der Waals surface area contributed by atoms with E-state index in [0.717, 1.165) is 21.7 Å². The molecule has 35 heavy (non-hydrogen) atoms. The molecule has 2 N–H and O–H groups in total. The summed E-state index contributed by atoms with van der Waals surface area (Å²) in [5.74, 6) is -0.902. The second kappa shape index (κ2) is 10.7. The molecule has 7 nitrogen and oxygen atoms in total. The van der Waals surface area contributed by atoms with Gasteiger partial charge >= 0.3 is 0 Å². The highest BCUT2D eigenvalue weighted by Gasteiger charge is 2.23. The normalized spacial score (nSPS) is 11.5. The lowest BCUT2D eigenvalue weighted by molar-refractivity contribution is -0.114. The Morgan fingerprint density at radius 3 is 2.06 bits per heavy atom. The quantitative estimate of drug-likeness (QED) is 0.489. The van der Waals surface area contributed by atoms with Gasteiger partial charge in [0.05, 0.1) is 23.2 Å². The summed E-state index contributed by atoms with van der Waals surface area (Å²) < 4.78 is 26.0. The van der Waals surface area contributed by atoms with Crippen LogP contribution in [0.15, 0.2) is 78.9 Å². The SMILES string of the molecule is CC(C)(C)c1ccc(N(CC(=O)Nc2ccccc2C(=O)NCc2ccccc2)S(C)(=O)=O)cc1. The van der Waals surface area contributed by atoms with E-state index in [2.05, 4.69) is 31.4 Å². The van der Waals surface area contributed by atoms with E-state index in [1.165, 1.54) is 0 Å². The third-order valence-corrected chi connectivity index (χ3v) is 6.59. The molecule has 8 heteroatoms. The summed E-state index contributed by atoms with van der Waals surface area (Å²) in [6.45, 7) is 6.12. The van der Waals surface area contributed by atoms with Gasteiger partial charge in [0, 0.05) is 6.54 Å². The van der Waals surface area contributed by atoms with Crippen molar-refractivity contribution in [2.75, 3.05) is 22.4 Å². The van der Waals surface area contributed by atoms with E-state index in [1.54, 1.807) is 36.4 Å². The Hall–Kier alpha value is -3.65. The molecule has 0 bridgehead atoms. The lowest BCUT2D eigenvalue weighted by atomic mass is 9.87. The first-order valence-corrected chi connectivity index (χ1v) is 13.1. The third-order valence-electron chi connectivity index (χ3n) is 5.45. The van der Waals surface area contributed by atoms with Crippen molar-refractivity contribution in [2.45, 2.75) is 32.7 Å². The maximum atomic E-state index is 12.9. The second-order valence-electron chi connectivity index (χ2n) is 9.33. The van der Waals surface area contributed by atoms with Crippen LogP contribution in [0.4, 0.5) is 11.4 Å². The van der Waals surface area contributed by atoms with Gasteiger partial charge in [0.25, 0.3) is 5.91 Å². The fourth-order valence-electron chi connectivity index (χ4n) is 3.51. The fraction of sp³-hybridized carbons (Fsp3) is 0.259. The molecule has 0 saturated heterocycles. The zero-order valence-electron chi connectivity index (χ0n) is 20.4. The number of rotatable bonds is 8. The Bertz CT molecular complexity index is 1280. The van der Waals surface area contributed by atoms with Crippen LogP contribution in [0.25, 0.3) is 0 Å². The molecule has 0 saturated carbocycles. The van der Waals surface area contributed by atoms with Crippen LogP contribution in [0.1, 0.15) is 42.3 Å². The van der Waals surface area contributed by atoms with E-state index >= 15 is 0 Å². The van der Waals surface area contributed by atoms with E-state index in [4.69, 9.17) is 0 Å². The first-order chi connectivity index (χ1) is 16.4. The summed E-state index contributed by atoms with van der Waals surface area (Å²) >= 11 is 0. The molecule has 0 unspecified atom stereocenters. The molecule has 0 spiro atoms. The average molecular weight is 494 g/mol. The van der Waals surface area contributed by atoms with Gasteiger partial charge in [-0.2, -0.15) is 0 Å². The zero-order chi connectivity index (χ0) is 25.6. The van der Waals surface area contributed by atoms with Crippen LogP contribution in [0.5, 0.6) is 0 Å². The summed E-state index contributed by atoms with van der Waals surface area (Å²) in [6, 6.07) is 23.2. The van der Waals surface area contributed by atoms with Crippen molar-refractivity contribution in [2.24, 2.45) is 0 Å². The number of carbonyl (C=O) groups is 2. The maximum absolute atomic E-state index is 12.9. The first-order valence-electron chi connectivity index (χ1n) is 11.2. The summed E-state index contributed by atoms with van der Waals surface area (Å²) in [6.07, 6.45) is 1.06. The maximum Gasteiger partial charge on any atom is 0.253 e. The minimum absolute atomic E-state index is 0.0867. The number of nitrogens with zero attached hydrogens (tertiary/aromatic N) is 1. The fourth-order valence-corrected chi connectivity index (χ4v) is 4.37. The molecule has 0 fully saturated rings. The van der Waals surface area contributed by atoms with Gasteiger partial charge in [0.2, 0.25) is 15.9 Å². The molecule has 0 aliphatic rings. The number of benzene rings is 3. The zero-order valence-corrected chi connectivity index (χ0v) is 21.2. The summed E-state index contributed by atoms with van der Waals surface area (Å²) in [7, 11) is -3.73. The molecular formula is C27H31N3O4S. The molecule has 0 aromatic heterocycles. The number of anilines is 2. The van der Waals surface area contributed by atoms with Crippen LogP contribution in [0.2, 0.25) is 0 Å². The molecule has 0 aliphatic carbocycles. The third kappa shape index (κ3) is 7.16. The molecule has 0 radical (unpaired) electrons. The monoisotopic (exact) mass is 493 g/mol. The highest BCUT2D eigenvalue weighted by atomic mass is 32.2. The summed E-state index contributed by atoms with van der Waals surface area (Å²) in [4.78, 5) is 25.6. The van der Waals surface area contributed by atoms with Gasteiger partial charge in [0.15, 0.2) is 0 Å². The van der Waals surface area contributed by atoms with E-state index in [0.29, 0.717) is 17.9 Å². The highest BCUT2D eigenvalue weighted by Crippen LogP contribution is 2.26. The van der Waals surface area contributed by atoms with Gasteiger partial charge in [-0.05, 0) is 40.8 Å². The van der Waals surface area contributed by atoms with Gasteiger partial charge in [-0.3, -0.25) is 13.9 Å². The van der Waals surface area contributed by atoms with Crippen LogP contribution < -0.4 is 14.9 Å². The number of hydrogen-bond donors (Lipinski definition) is 2. The van der Waals surface area contributed by atoms with Crippen LogP contribution in [0, 0.1) is 0 Å². The number of hydrogen-bond acceptors (Lipinski definition) is 4. The lowest BCUT2D eigenvalue weighted by Crippen LogP contribution is -2.37. The van der Waals surface area contributed by atoms with Crippen LogP contribution in [-0.4, -0.2) is 33.0 Å². The van der Waals surface area contributed by atoms with Crippen molar-refractivity contribution in [3.63, 3.8) is 0 Å². The second-order valence-corrected chi connectivity index (χ2v) is 11.2.